The van der Waals surface area contributed by atoms with Gasteiger partial charge in [-0.2, -0.15) is 0 Å². The quantitative estimate of drug-likeness (QED) is 0.595. The molecule has 8 heteroatoms. The van der Waals surface area contributed by atoms with Crippen molar-refractivity contribution in [3.63, 3.8) is 0 Å². The van der Waals surface area contributed by atoms with Crippen molar-refractivity contribution in [3.8, 4) is 5.75 Å². The zero-order valence-electron chi connectivity index (χ0n) is 12.9. The third-order valence-electron chi connectivity index (χ3n) is 3.61. The number of aromatic nitrogens is 2. The molecule has 6 nitrogen and oxygen atoms in total. The molecule has 2 rings (SSSR count). The summed E-state index contributed by atoms with van der Waals surface area (Å²) in [6, 6.07) is 0. The van der Waals surface area contributed by atoms with Crippen LogP contribution in [-0.2, 0) is 14.3 Å². The van der Waals surface area contributed by atoms with Gasteiger partial charge in [0.05, 0.1) is 38.3 Å². The number of ether oxygens (including phenoxy) is 3. The summed E-state index contributed by atoms with van der Waals surface area (Å²) in [6.45, 7) is 2.11. The van der Waals surface area contributed by atoms with E-state index in [-0.39, 0.29) is 23.7 Å². The van der Waals surface area contributed by atoms with E-state index in [2.05, 4.69) is 9.97 Å². The lowest BCUT2D eigenvalue weighted by atomic mass is 9.83. The fourth-order valence-electron chi connectivity index (χ4n) is 2.26. The van der Waals surface area contributed by atoms with Crippen LogP contribution >= 0.6 is 23.2 Å². The van der Waals surface area contributed by atoms with Crippen molar-refractivity contribution in [3.05, 3.63) is 40.1 Å². The van der Waals surface area contributed by atoms with E-state index in [9.17, 15) is 4.79 Å². The Hall–Kier alpha value is -1.79. The summed E-state index contributed by atoms with van der Waals surface area (Å²) in [6.07, 6.45) is 4.53. The van der Waals surface area contributed by atoms with E-state index in [4.69, 9.17) is 37.4 Å². The summed E-state index contributed by atoms with van der Waals surface area (Å²) < 4.78 is 15.7. The van der Waals surface area contributed by atoms with Crippen molar-refractivity contribution in [2.45, 2.75) is 6.92 Å². The molecular formula is C15H16Cl2N2O4. The second-order valence-electron chi connectivity index (χ2n) is 4.90. The topological polar surface area (TPSA) is 70.5 Å². The summed E-state index contributed by atoms with van der Waals surface area (Å²) in [5.74, 6) is 0.00448. The first-order valence-corrected chi connectivity index (χ1v) is 7.57. The predicted octanol–water partition coefficient (Wildman–Crippen LogP) is 2.97. The van der Waals surface area contributed by atoms with Gasteiger partial charge in [0.15, 0.2) is 5.75 Å². The molecule has 1 aliphatic rings. The highest BCUT2D eigenvalue weighted by molar-refractivity contribution is 6.30. The van der Waals surface area contributed by atoms with Gasteiger partial charge < -0.3 is 14.2 Å². The molecule has 0 radical (unpaired) electrons. The normalized spacial score (nSPS) is 20.8. The van der Waals surface area contributed by atoms with E-state index in [1.807, 2.05) is 6.92 Å². The minimum Gasteiger partial charge on any atom is -0.496 e. The molecule has 0 aromatic carbocycles. The van der Waals surface area contributed by atoms with Crippen LogP contribution in [0.2, 0.25) is 5.28 Å². The lowest BCUT2D eigenvalue weighted by molar-refractivity contribution is -0.136. The minimum atomic E-state index is -0.420. The third kappa shape index (κ3) is 3.95. The molecule has 1 aromatic rings. The van der Waals surface area contributed by atoms with Gasteiger partial charge in [0.25, 0.3) is 0 Å². The first-order valence-electron chi connectivity index (χ1n) is 6.81. The molecule has 0 aliphatic heterocycles. The van der Waals surface area contributed by atoms with E-state index < -0.39 is 5.97 Å². The average molecular weight is 359 g/mol. The zero-order chi connectivity index (χ0) is 17.0. The van der Waals surface area contributed by atoms with Crippen molar-refractivity contribution < 1.29 is 19.0 Å². The zero-order valence-corrected chi connectivity index (χ0v) is 14.4. The maximum absolute atomic E-state index is 11.9. The van der Waals surface area contributed by atoms with E-state index in [0.717, 1.165) is 0 Å². The number of methoxy groups -OCH3 is 2. The Morgan fingerprint density at radius 2 is 1.91 bits per heavy atom. The molecule has 2 atom stereocenters. The van der Waals surface area contributed by atoms with Crippen LogP contribution in [0.5, 0.6) is 5.75 Å². The summed E-state index contributed by atoms with van der Waals surface area (Å²) in [5.41, 5.74) is 0.481. The predicted molar refractivity (Wildman–Crippen MR) is 85.2 cm³/mol. The van der Waals surface area contributed by atoms with E-state index in [1.54, 1.807) is 6.08 Å². The molecule has 124 valence electrons. The van der Waals surface area contributed by atoms with Crippen LogP contribution in [0.25, 0.3) is 0 Å². The smallest absolute Gasteiger partial charge is 0.334 e. The standard InChI is InChI=1S/C15H16Cl2N2O4/c1-8-10(14(20)22-3)4-12(21-2)13(16)11(8)7-23-9-5-18-15(17)19-6-9/h4-6,8,11H,7H2,1-3H3. The average Bonchev–Trinajstić information content (AvgIpc) is 2.56. The number of nitrogens with zero attached hydrogens (tertiary/aromatic N) is 2. The summed E-state index contributed by atoms with van der Waals surface area (Å²) in [7, 11) is 2.82. The molecule has 2 unspecified atom stereocenters. The van der Waals surface area contributed by atoms with Crippen LogP contribution < -0.4 is 4.74 Å². The molecule has 0 N–H and O–H groups in total. The molecule has 0 fully saturated rings. The summed E-state index contributed by atoms with van der Waals surface area (Å²) in [5, 5.41) is 0.626. The van der Waals surface area contributed by atoms with Gasteiger partial charge in [-0.05, 0) is 23.6 Å². The minimum absolute atomic E-state index is 0.138. The van der Waals surface area contributed by atoms with Gasteiger partial charge in [-0.15, -0.1) is 0 Å². The Morgan fingerprint density at radius 3 is 2.48 bits per heavy atom. The number of halogens is 2. The largest absolute Gasteiger partial charge is 0.496 e. The number of carbonyl (C=O) groups excluding carboxylic acids is 1. The molecule has 0 amide bonds. The monoisotopic (exact) mass is 358 g/mol. The first kappa shape index (κ1) is 17.6. The second-order valence-corrected chi connectivity index (χ2v) is 5.65. The van der Waals surface area contributed by atoms with Crippen LogP contribution in [0.4, 0.5) is 0 Å². The highest BCUT2D eigenvalue weighted by atomic mass is 35.5. The lowest BCUT2D eigenvalue weighted by Gasteiger charge is -2.29. The van der Waals surface area contributed by atoms with E-state index >= 15 is 0 Å². The highest BCUT2D eigenvalue weighted by Gasteiger charge is 2.34. The number of rotatable bonds is 5. The van der Waals surface area contributed by atoms with Crippen molar-refractivity contribution in [2.75, 3.05) is 20.8 Å². The SMILES string of the molecule is COC(=O)C1=CC(OC)=C(Cl)C(COc2cnc(Cl)nc2)C1C. The van der Waals surface area contributed by atoms with Crippen LogP contribution in [0, 0.1) is 11.8 Å². The molecule has 0 spiro atoms. The Kier molecular flexibility index (Phi) is 5.85. The van der Waals surface area contributed by atoms with Crippen LogP contribution in [0.1, 0.15) is 6.92 Å². The van der Waals surface area contributed by atoms with Gasteiger partial charge in [-0.1, -0.05) is 18.5 Å². The third-order valence-corrected chi connectivity index (χ3v) is 4.27. The Morgan fingerprint density at radius 1 is 1.26 bits per heavy atom. The summed E-state index contributed by atoms with van der Waals surface area (Å²) >= 11 is 12.0. The number of allylic oxidation sites excluding steroid dienone is 1. The Balaban J connectivity index is 2.19. The molecule has 23 heavy (non-hydrogen) atoms. The van der Waals surface area contributed by atoms with Gasteiger partial charge in [-0.25, -0.2) is 14.8 Å². The molecule has 1 aromatic heterocycles. The fraction of sp³-hybridized carbons (Fsp3) is 0.400. The van der Waals surface area contributed by atoms with Crippen molar-refractivity contribution in [1.29, 1.82) is 0 Å². The Labute approximate surface area is 144 Å². The summed E-state index contributed by atoms with van der Waals surface area (Å²) in [4.78, 5) is 19.6. The molecule has 0 saturated heterocycles. The molecule has 0 saturated carbocycles. The lowest BCUT2D eigenvalue weighted by Crippen LogP contribution is -2.29. The second kappa shape index (κ2) is 7.66. The van der Waals surface area contributed by atoms with Gasteiger partial charge in [-0.3, -0.25) is 0 Å². The maximum atomic E-state index is 11.9. The molecule has 1 heterocycles. The van der Waals surface area contributed by atoms with Crippen molar-refractivity contribution in [2.24, 2.45) is 11.8 Å². The number of hydrogen-bond donors (Lipinski definition) is 0. The van der Waals surface area contributed by atoms with Crippen molar-refractivity contribution >= 4 is 29.2 Å². The number of esters is 1. The Bertz CT molecular complexity index is 643. The van der Waals surface area contributed by atoms with Crippen LogP contribution in [0.3, 0.4) is 0 Å². The van der Waals surface area contributed by atoms with E-state index in [1.165, 1.54) is 26.6 Å². The van der Waals surface area contributed by atoms with Gasteiger partial charge in [0.2, 0.25) is 5.28 Å². The van der Waals surface area contributed by atoms with Crippen molar-refractivity contribution in [1.82, 2.24) is 9.97 Å². The molecule has 0 bridgehead atoms. The number of carbonyl (C=O) groups is 1. The van der Waals surface area contributed by atoms with Crippen LogP contribution in [-0.4, -0.2) is 36.8 Å². The van der Waals surface area contributed by atoms with Gasteiger partial charge in [0.1, 0.15) is 5.76 Å². The van der Waals surface area contributed by atoms with Gasteiger partial charge in [0, 0.05) is 11.5 Å². The van der Waals surface area contributed by atoms with Crippen LogP contribution in [0.15, 0.2) is 34.8 Å². The van der Waals surface area contributed by atoms with Gasteiger partial charge >= 0.3 is 5.97 Å². The highest BCUT2D eigenvalue weighted by Crippen LogP contribution is 2.38. The first-order chi connectivity index (χ1) is 11.0. The molecular weight excluding hydrogens is 343 g/mol. The fourth-order valence-corrected chi connectivity index (χ4v) is 2.74. The number of hydrogen-bond acceptors (Lipinski definition) is 6. The molecule has 1 aliphatic carbocycles. The maximum Gasteiger partial charge on any atom is 0.334 e. The van der Waals surface area contributed by atoms with E-state index in [0.29, 0.717) is 22.1 Å².